The number of carbonyl (C=O) groups excluding carboxylic acids is 1. The van der Waals surface area contributed by atoms with Crippen molar-refractivity contribution in [3.63, 3.8) is 0 Å². The number of hydrogen-bond acceptors (Lipinski definition) is 4. The molecule has 1 N–H and O–H groups in total. The number of aromatic nitrogens is 5. The molecule has 0 spiro atoms. The van der Waals surface area contributed by atoms with Crippen LogP contribution >= 0.6 is 0 Å². The first-order valence-electron chi connectivity index (χ1n) is 7.33. The van der Waals surface area contributed by atoms with Crippen molar-refractivity contribution in [2.24, 2.45) is 13.0 Å². The zero-order valence-electron chi connectivity index (χ0n) is 12.1. The Balaban J connectivity index is 1.51. The Morgan fingerprint density at radius 2 is 2.38 bits per heavy atom. The molecular weight excluding hydrogens is 268 g/mol. The number of rotatable bonds is 7. The first-order chi connectivity index (χ1) is 10.2. The van der Waals surface area contributed by atoms with Gasteiger partial charge >= 0.3 is 0 Å². The van der Waals surface area contributed by atoms with E-state index in [-0.39, 0.29) is 11.9 Å². The lowest BCUT2D eigenvalue weighted by Crippen LogP contribution is -2.31. The molecule has 0 aliphatic heterocycles. The van der Waals surface area contributed by atoms with Crippen LogP contribution in [0.3, 0.4) is 0 Å². The molecule has 1 aliphatic carbocycles. The van der Waals surface area contributed by atoms with Crippen LogP contribution in [0.15, 0.2) is 25.0 Å². The molecule has 1 saturated carbocycles. The van der Waals surface area contributed by atoms with Crippen molar-refractivity contribution in [3.05, 3.63) is 30.9 Å². The molecule has 1 atom stereocenters. The quantitative estimate of drug-likeness (QED) is 0.826. The highest BCUT2D eigenvalue weighted by Crippen LogP contribution is 2.40. The van der Waals surface area contributed by atoms with E-state index in [1.807, 2.05) is 17.8 Å². The van der Waals surface area contributed by atoms with Gasteiger partial charge in [0.1, 0.15) is 18.5 Å². The summed E-state index contributed by atoms with van der Waals surface area (Å²) in [5.74, 6) is 1.56. The van der Waals surface area contributed by atoms with Crippen LogP contribution in [0.5, 0.6) is 0 Å². The van der Waals surface area contributed by atoms with Crippen molar-refractivity contribution in [1.29, 1.82) is 0 Å². The Bertz CT molecular complexity index is 586. The molecule has 21 heavy (non-hydrogen) atoms. The van der Waals surface area contributed by atoms with Crippen molar-refractivity contribution < 1.29 is 4.79 Å². The summed E-state index contributed by atoms with van der Waals surface area (Å²) in [7, 11) is 1.97. The van der Waals surface area contributed by atoms with Gasteiger partial charge in [0.15, 0.2) is 0 Å². The molecule has 0 aromatic carbocycles. The Kier molecular flexibility index (Phi) is 3.98. The summed E-state index contributed by atoms with van der Waals surface area (Å²) in [6, 6.07) is 0.0453. The molecular formula is C14H20N6O. The van der Waals surface area contributed by atoms with Gasteiger partial charge in [-0.1, -0.05) is 0 Å². The average molecular weight is 288 g/mol. The van der Waals surface area contributed by atoms with Crippen LogP contribution in [0.1, 0.15) is 37.5 Å². The predicted octanol–water partition coefficient (Wildman–Crippen LogP) is 1.06. The first-order valence-corrected chi connectivity index (χ1v) is 7.33. The maximum atomic E-state index is 12.1. The van der Waals surface area contributed by atoms with Gasteiger partial charge < -0.3 is 9.88 Å². The Morgan fingerprint density at radius 3 is 3.00 bits per heavy atom. The third-order valence-corrected chi connectivity index (χ3v) is 3.80. The number of imidazole rings is 1. The highest BCUT2D eigenvalue weighted by Gasteiger charge is 2.35. The smallest absolute Gasteiger partial charge is 0.220 e. The molecule has 1 unspecified atom stereocenters. The monoisotopic (exact) mass is 288 g/mol. The van der Waals surface area contributed by atoms with E-state index in [2.05, 4.69) is 20.4 Å². The third-order valence-electron chi connectivity index (χ3n) is 3.80. The highest BCUT2D eigenvalue weighted by atomic mass is 16.1. The third kappa shape index (κ3) is 3.48. The fourth-order valence-corrected chi connectivity index (χ4v) is 2.50. The zero-order chi connectivity index (χ0) is 14.7. The molecule has 3 rings (SSSR count). The summed E-state index contributed by atoms with van der Waals surface area (Å²) in [6.45, 7) is 0.712. The lowest BCUT2D eigenvalue weighted by molar-refractivity contribution is -0.122. The number of hydrogen-bond donors (Lipinski definition) is 1. The summed E-state index contributed by atoms with van der Waals surface area (Å²) < 4.78 is 3.73. The lowest BCUT2D eigenvalue weighted by atomic mass is 10.1. The summed E-state index contributed by atoms with van der Waals surface area (Å²) in [4.78, 5) is 20.4. The van der Waals surface area contributed by atoms with Crippen LogP contribution in [0.25, 0.3) is 0 Å². The van der Waals surface area contributed by atoms with Gasteiger partial charge in [0.25, 0.3) is 0 Å². The first kappa shape index (κ1) is 13.8. The van der Waals surface area contributed by atoms with Gasteiger partial charge in [-0.2, -0.15) is 5.10 Å². The molecule has 1 amide bonds. The number of aryl methyl sites for hydroxylation is 2. The maximum Gasteiger partial charge on any atom is 0.220 e. The van der Waals surface area contributed by atoms with E-state index in [9.17, 15) is 4.79 Å². The second-order valence-corrected chi connectivity index (χ2v) is 5.54. The predicted molar refractivity (Wildman–Crippen MR) is 76.1 cm³/mol. The fraction of sp³-hybridized carbons (Fsp3) is 0.571. The minimum atomic E-state index is 0.0453. The average Bonchev–Trinajstić information content (AvgIpc) is 3.01. The van der Waals surface area contributed by atoms with Gasteiger partial charge in [-0.15, -0.1) is 0 Å². The summed E-state index contributed by atoms with van der Waals surface area (Å²) in [5, 5.41) is 7.16. The standard InChI is InChI=1S/C14H20N6O/c1-19-8-6-16-14(19)13(11-4-5-11)18-12(21)3-2-7-20-10-15-9-17-20/h6,8-11,13H,2-5,7H2,1H3,(H,18,21). The molecule has 1 aliphatic rings. The normalized spacial score (nSPS) is 15.9. The van der Waals surface area contributed by atoms with E-state index in [1.54, 1.807) is 17.2 Å². The van der Waals surface area contributed by atoms with Crippen LogP contribution in [0.2, 0.25) is 0 Å². The SMILES string of the molecule is Cn1ccnc1C(NC(=O)CCCn1cncn1)C1CC1. The largest absolute Gasteiger partial charge is 0.346 e. The van der Waals surface area contributed by atoms with Crippen molar-refractivity contribution >= 4 is 5.91 Å². The second-order valence-electron chi connectivity index (χ2n) is 5.54. The molecule has 2 aromatic rings. The maximum absolute atomic E-state index is 12.1. The van der Waals surface area contributed by atoms with E-state index >= 15 is 0 Å². The molecule has 0 bridgehead atoms. The molecule has 1 fully saturated rings. The highest BCUT2D eigenvalue weighted by molar-refractivity contribution is 5.76. The summed E-state index contributed by atoms with van der Waals surface area (Å²) >= 11 is 0. The number of amides is 1. The van der Waals surface area contributed by atoms with Gasteiger partial charge in [-0.3, -0.25) is 9.48 Å². The van der Waals surface area contributed by atoms with Crippen molar-refractivity contribution in [1.82, 2.24) is 29.6 Å². The van der Waals surface area contributed by atoms with Gasteiger partial charge in [0.05, 0.1) is 6.04 Å². The van der Waals surface area contributed by atoms with Crippen molar-refractivity contribution in [2.75, 3.05) is 0 Å². The molecule has 0 radical (unpaired) electrons. The minimum absolute atomic E-state index is 0.0453. The molecule has 0 saturated heterocycles. The topological polar surface area (TPSA) is 77.6 Å². The van der Waals surface area contributed by atoms with Gasteiger partial charge in [0, 0.05) is 32.4 Å². The fourth-order valence-electron chi connectivity index (χ4n) is 2.50. The van der Waals surface area contributed by atoms with Gasteiger partial charge in [0.2, 0.25) is 5.91 Å². The van der Waals surface area contributed by atoms with Gasteiger partial charge in [-0.25, -0.2) is 9.97 Å². The number of carbonyl (C=O) groups is 1. The number of nitrogens with one attached hydrogen (secondary N) is 1. The van der Waals surface area contributed by atoms with E-state index < -0.39 is 0 Å². The zero-order valence-corrected chi connectivity index (χ0v) is 12.1. The van der Waals surface area contributed by atoms with Crippen LogP contribution < -0.4 is 5.32 Å². The molecule has 7 heteroatoms. The second kappa shape index (κ2) is 6.07. The van der Waals surface area contributed by atoms with Crippen molar-refractivity contribution in [3.8, 4) is 0 Å². The molecule has 7 nitrogen and oxygen atoms in total. The van der Waals surface area contributed by atoms with E-state index in [0.29, 0.717) is 18.9 Å². The molecule has 2 heterocycles. The van der Waals surface area contributed by atoms with Crippen LogP contribution in [0, 0.1) is 5.92 Å². The Morgan fingerprint density at radius 1 is 1.52 bits per heavy atom. The Hall–Kier alpha value is -2.18. The van der Waals surface area contributed by atoms with Crippen LogP contribution in [-0.4, -0.2) is 30.2 Å². The van der Waals surface area contributed by atoms with E-state index in [4.69, 9.17) is 0 Å². The summed E-state index contributed by atoms with van der Waals surface area (Å²) in [6.07, 6.45) is 10.4. The summed E-state index contributed by atoms with van der Waals surface area (Å²) in [5.41, 5.74) is 0. The Labute approximate surface area is 123 Å². The van der Waals surface area contributed by atoms with Gasteiger partial charge in [-0.05, 0) is 25.2 Å². The molecule has 112 valence electrons. The molecule has 2 aromatic heterocycles. The van der Waals surface area contributed by atoms with Crippen LogP contribution in [0.4, 0.5) is 0 Å². The van der Waals surface area contributed by atoms with E-state index in [0.717, 1.165) is 25.1 Å². The van der Waals surface area contributed by atoms with E-state index in [1.165, 1.54) is 6.33 Å². The lowest BCUT2D eigenvalue weighted by Gasteiger charge is -2.18. The number of nitrogens with zero attached hydrogens (tertiary/aromatic N) is 5. The minimum Gasteiger partial charge on any atom is -0.346 e. The van der Waals surface area contributed by atoms with Crippen LogP contribution in [-0.2, 0) is 18.4 Å². The van der Waals surface area contributed by atoms with Crippen molar-refractivity contribution in [2.45, 2.75) is 38.3 Å².